The monoisotopic (exact) mass is 289 g/mol. The standard InChI is InChI=1S/C15H15NOS2/c1-18-13-7-3-2-6-11(13)16-15(17)14-9-10-5-4-8-12(10)19-14/h2-3,6-7,9H,4-5,8H2,1H3,(H,16,17). The molecule has 4 heteroatoms. The van der Waals surface area contributed by atoms with Gasteiger partial charge in [0.05, 0.1) is 10.6 Å². The van der Waals surface area contributed by atoms with E-state index in [1.54, 1.807) is 23.1 Å². The normalized spacial score (nSPS) is 13.3. The summed E-state index contributed by atoms with van der Waals surface area (Å²) < 4.78 is 0. The van der Waals surface area contributed by atoms with Crippen molar-refractivity contribution >= 4 is 34.7 Å². The lowest BCUT2D eigenvalue weighted by Crippen LogP contribution is -2.10. The maximum Gasteiger partial charge on any atom is 0.265 e. The minimum atomic E-state index is 0.0147. The molecule has 0 radical (unpaired) electrons. The topological polar surface area (TPSA) is 29.1 Å². The molecule has 1 N–H and O–H groups in total. The zero-order chi connectivity index (χ0) is 13.2. The van der Waals surface area contributed by atoms with Gasteiger partial charge in [-0.25, -0.2) is 0 Å². The molecular weight excluding hydrogens is 274 g/mol. The Labute approximate surface area is 121 Å². The van der Waals surface area contributed by atoms with Gasteiger partial charge < -0.3 is 5.32 Å². The van der Waals surface area contributed by atoms with E-state index in [2.05, 4.69) is 11.4 Å². The molecule has 2 nitrogen and oxygen atoms in total. The summed E-state index contributed by atoms with van der Waals surface area (Å²) in [5, 5.41) is 3.02. The highest BCUT2D eigenvalue weighted by Crippen LogP contribution is 2.31. The van der Waals surface area contributed by atoms with Gasteiger partial charge in [-0.05, 0) is 49.3 Å². The Morgan fingerprint density at radius 2 is 2.16 bits per heavy atom. The fourth-order valence-corrected chi connectivity index (χ4v) is 4.08. The van der Waals surface area contributed by atoms with E-state index in [0.717, 1.165) is 28.3 Å². The number of hydrogen-bond donors (Lipinski definition) is 1. The predicted octanol–water partition coefficient (Wildman–Crippen LogP) is 4.21. The van der Waals surface area contributed by atoms with Crippen LogP contribution in [0, 0.1) is 0 Å². The first-order valence-electron chi connectivity index (χ1n) is 6.34. The molecule has 0 fully saturated rings. The molecule has 19 heavy (non-hydrogen) atoms. The Morgan fingerprint density at radius 3 is 2.95 bits per heavy atom. The van der Waals surface area contributed by atoms with E-state index in [4.69, 9.17) is 0 Å². The summed E-state index contributed by atoms with van der Waals surface area (Å²) in [6.07, 6.45) is 5.51. The SMILES string of the molecule is CSc1ccccc1NC(=O)c1cc2c(s1)CCC2. The summed E-state index contributed by atoms with van der Waals surface area (Å²) in [7, 11) is 0. The third kappa shape index (κ3) is 2.55. The number of carbonyl (C=O) groups excluding carboxylic acids is 1. The highest BCUT2D eigenvalue weighted by molar-refractivity contribution is 7.98. The number of para-hydroxylation sites is 1. The minimum absolute atomic E-state index is 0.0147. The number of carbonyl (C=O) groups is 1. The molecular formula is C15H15NOS2. The molecule has 1 aromatic carbocycles. The number of thiophene rings is 1. The van der Waals surface area contributed by atoms with Gasteiger partial charge in [0.25, 0.3) is 5.91 Å². The van der Waals surface area contributed by atoms with Gasteiger partial charge in [-0.3, -0.25) is 4.79 Å². The third-order valence-corrected chi connectivity index (χ3v) is 5.36. The third-order valence-electron chi connectivity index (χ3n) is 3.33. The quantitative estimate of drug-likeness (QED) is 0.858. The van der Waals surface area contributed by atoms with Gasteiger partial charge in [0.1, 0.15) is 0 Å². The Hall–Kier alpha value is -1.26. The van der Waals surface area contributed by atoms with Crippen molar-refractivity contribution in [3.63, 3.8) is 0 Å². The maximum absolute atomic E-state index is 12.3. The van der Waals surface area contributed by atoms with E-state index in [1.807, 2.05) is 30.5 Å². The number of benzene rings is 1. The first-order chi connectivity index (χ1) is 9.28. The number of rotatable bonds is 3. The average Bonchev–Trinajstić information content (AvgIpc) is 3.00. The second-order valence-electron chi connectivity index (χ2n) is 4.57. The molecule has 0 saturated heterocycles. The lowest BCUT2D eigenvalue weighted by atomic mass is 10.2. The zero-order valence-electron chi connectivity index (χ0n) is 10.7. The van der Waals surface area contributed by atoms with Crippen molar-refractivity contribution in [3.05, 3.63) is 45.6 Å². The second kappa shape index (κ2) is 5.39. The smallest absolute Gasteiger partial charge is 0.265 e. The zero-order valence-corrected chi connectivity index (χ0v) is 12.4. The first kappa shape index (κ1) is 12.8. The maximum atomic E-state index is 12.3. The number of nitrogens with one attached hydrogen (secondary N) is 1. The van der Waals surface area contributed by atoms with Crippen molar-refractivity contribution in [2.45, 2.75) is 24.2 Å². The van der Waals surface area contributed by atoms with Gasteiger partial charge in [0.15, 0.2) is 0 Å². The number of fused-ring (bicyclic) bond motifs is 1. The van der Waals surface area contributed by atoms with Crippen LogP contribution in [0.1, 0.15) is 26.5 Å². The van der Waals surface area contributed by atoms with Gasteiger partial charge >= 0.3 is 0 Å². The van der Waals surface area contributed by atoms with E-state index in [9.17, 15) is 4.79 Å². The largest absolute Gasteiger partial charge is 0.320 e. The Morgan fingerprint density at radius 1 is 1.32 bits per heavy atom. The predicted molar refractivity (Wildman–Crippen MR) is 82.5 cm³/mol. The first-order valence-corrected chi connectivity index (χ1v) is 8.38. The molecule has 98 valence electrons. The molecule has 0 spiro atoms. The lowest BCUT2D eigenvalue weighted by molar-refractivity contribution is 0.103. The van der Waals surface area contributed by atoms with E-state index >= 15 is 0 Å². The molecule has 1 amide bonds. The molecule has 0 aliphatic heterocycles. The van der Waals surface area contributed by atoms with Crippen molar-refractivity contribution in [2.75, 3.05) is 11.6 Å². The van der Waals surface area contributed by atoms with Crippen LogP contribution in [0.5, 0.6) is 0 Å². The molecule has 1 aliphatic carbocycles. The Bertz CT molecular complexity index is 597. The summed E-state index contributed by atoms with van der Waals surface area (Å²) in [4.78, 5) is 15.6. The second-order valence-corrected chi connectivity index (χ2v) is 6.55. The molecule has 0 unspecified atom stereocenters. The van der Waals surface area contributed by atoms with Gasteiger partial charge in [0.2, 0.25) is 0 Å². The van der Waals surface area contributed by atoms with Crippen LogP contribution in [0.15, 0.2) is 35.2 Å². The highest BCUT2D eigenvalue weighted by atomic mass is 32.2. The molecule has 2 aromatic rings. The van der Waals surface area contributed by atoms with E-state index in [1.165, 1.54) is 16.9 Å². The summed E-state index contributed by atoms with van der Waals surface area (Å²) >= 11 is 3.29. The summed E-state index contributed by atoms with van der Waals surface area (Å²) in [5.74, 6) is 0.0147. The van der Waals surface area contributed by atoms with Gasteiger partial charge in [0, 0.05) is 9.77 Å². The van der Waals surface area contributed by atoms with Crippen LogP contribution < -0.4 is 5.32 Å². The number of thioether (sulfide) groups is 1. The highest BCUT2D eigenvalue weighted by Gasteiger charge is 2.18. The number of amides is 1. The summed E-state index contributed by atoms with van der Waals surface area (Å²) in [6, 6.07) is 9.97. The number of hydrogen-bond acceptors (Lipinski definition) is 3. The Kier molecular flexibility index (Phi) is 3.62. The molecule has 1 aromatic heterocycles. The molecule has 0 bridgehead atoms. The van der Waals surface area contributed by atoms with Crippen LogP contribution in [0.2, 0.25) is 0 Å². The molecule has 3 rings (SSSR count). The van der Waals surface area contributed by atoms with Gasteiger partial charge in [-0.15, -0.1) is 23.1 Å². The van der Waals surface area contributed by atoms with E-state index < -0.39 is 0 Å². The molecule has 1 aliphatic rings. The lowest BCUT2D eigenvalue weighted by Gasteiger charge is -2.08. The van der Waals surface area contributed by atoms with E-state index in [-0.39, 0.29) is 5.91 Å². The van der Waals surface area contributed by atoms with Crippen LogP contribution in [-0.4, -0.2) is 12.2 Å². The number of aryl methyl sites for hydroxylation is 2. The van der Waals surface area contributed by atoms with Crippen molar-refractivity contribution < 1.29 is 4.79 Å². The van der Waals surface area contributed by atoms with Gasteiger partial charge in [-0.2, -0.15) is 0 Å². The fourth-order valence-electron chi connectivity index (χ4n) is 2.37. The van der Waals surface area contributed by atoms with Crippen LogP contribution in [-0.2, 0) is 12.8 Å². The Balaban J connectivity index is 1.80. The van der Waals surface area contributed by atoms with Crippen molar-refractivity contribution in [3.8, 4) is 0 Å². The van der Waals surface area contributed by atoms with E-state index in [0.29, 0.717) is 0 Å². The van der Waals surface area contributed by atoms with Crippen LogP contribution in [0.4, 0.5) is 5.69 Å². The van der Waals surface area contributed by atoms with Crippen LogP contribution in [0.25, 0.3) is 0 Å². The van der Waals surface area contributed by atoms with Gasteiger partial charge in [-0.1, -0.05) is 12.1 Å². The molecule has 0 atom stereocenters. The average molecular weight is 289 g/mol. The molecule has 1 heterocycles. The van der Waals surface area contributed by atoms with Crippen molar-refractivity contribution in [1.29, 1.82) is 0 Å². The van der Waals surface area contributed by atoms with Crippen molar-refractivity contribution in [2.24, 2.45) is 0 Å². The summed E-state index contributed by atoms with van der Waals surface area (Å²) in [6.45, 7) is 0. The fraction of sp³-hybridized carbons (Fsp3) is 0.267. The van der Waals surface area contributed by atoms with Crippen molar-refractivity contribution in [1.82, 2.24) is 0 Å². The van der Waals surface area contributed by atoms with Crippen LogP contribution >= 0.6 is 23.1 Å². The van der Waals surface area contributed by atoms with Crippen LogP contribution in [0.3, 0.4) is 0 Å². The minimum Gasteiger partial charge on any atom is -0.320 e. The summed E-state index contributed by atoms with van der Waals surface area (Å²) in [5.41, 5.74) is 2.27. The number of anilines is 1. The molecule has 0 saturated carbocycles.